The molecule has 1 N–H and O–H groups in total. The molecule has 88 valence electrons. The Balaban J connectivity index is 1.83. The van der Waals surface area contributed by atoms with Crippen molar-refractivity contribution in [2.45, 2.75) is 32.7 Å². The Morgan fingerprint density at radius 1 is 1.31 bits per heavy atom. The maximum atomic E-state index is 6.09. The number of aryl methyl sites for hydroxylation is 2. The van der Waals surface area contributed by atoms with Crippen LogP contribution in [0, 0.1) is 13.8 Å². The second-order valence-corrected chi connectivity index (χ2v) is 4.83. The molecule has 0 spiro atoms. The first-order valence-electron chi connectivity index (χ1n) is 5.80. The van der Waals surface area contributed by atoms with Crippen molar-refractivity contribution in [3.05, 3.63) is 28.3 Å². The fourth-order valence-corrected chi connectivity index (χ4v) is 1.82. The molecule has 0 unspecified atom stereocenters. The number of hydrogen-bond acceptors (Lipinski definition) is 2. The van der Waals surface area contributed by atoms with Crippen LogP contribution in [-0.2, 0) is 0 Å². The highest BCUT2D eigenvalue weighted by atomic mass is 35.5. The summed E-state index contributed by atoms with van der Waals surface area (Å²) >= 11 is 6.09. The van der Waals surface area contributed by atoms with Crippen LogP contribution in [-0.4, -0.2) is 19.2 Å². The maximum absolute atomic E-state index is 6.09. The van der Waals surface area contributed by atoms with Gasteiger partial charge in [-0.05, 0) is 49.9 Å². The highest BCUT2D eigenvalue weighted by Crippen LogP contribution is 2.25. The summed E-state index contributed by atoms with van der Waals surface area (Å²) in [4.78, 5) is 0. The molecule has 0 amide bonds. The molecule has 1 aliphatic carbocycles. The maximum Gasteiger partial charge on any atom is 0.119 e. The molecule has 16 heavy (non-hydrogen) atoms. The number of benzene rings is 1. The fourth-order valence-electron chi connectivity index (χ4n) is 1.71. The van der Waals surface area contributed by atoms with E-state index in [2.05, 4.69) is 5.32 Å². The summed E-state index contributed by atoms with van der Waals surface area (Å²) < 4.78 is 5.68. The minimum absolute atomic E-state index is 0.719. The van der Waals surface area contributed by atoms with E-state index in [0.29, 0.717) is 0 Å². The van der Waals surface area contributed by atoms with E-state index in [4.69, 9.17) is 16.3 Å². The summed E-state index contributed by atoms with van der Waals surface area (Å²) in [6, 6.07) is 4.73. The van der Waals surface area contributed by atoms with Gasteiger partial charge in [0.25, 0.3) is 0 Å². The predicted octanol–water partition coefficient (Wildman–Crippen LogP) is 3.09. The van der Waals surface area contributed by atoms with Crippen LogP contribution in [0.25, 0.3) is 0 Å². The van der Waals surface area contributed by atoms with Gasteiger partial charge in [0, 0.05) is 17.6 Å². The van der Waals surface area contributed by atoms with E-state index in [9.17, 15) is 0 Å². The van der Waals surface area contributed by atoms with Crippen LogP contribution in [0.5, 0.6) is 5.75 Å². The number of nitrogens with one attached hydrogen (secondary N) is 1. The van der Waals surface area contributed by atoms with Crippen LogP contribution >= 0.6 is 11.6 Å². The molecular weight excluding hydrogens is 222 g/mol. The molecule has 0 bridgehead atoms. The standard InChI is InChI=1S/C13H18ClNO/c1-9-7-12(8-10(2)13(9)14)16-6-5-15-11-3-4-11/h7-8,11,15H,3-6H2,1-2H3. The van der Waals surface area contributed by atoms with Gasteiger partial charge in [-0.15, -0.1) is 0 Å². The molecular formula is C13H18ClNO. The first-order valence-corrected chi connectivity index (χ1v) is 6.17. The summed E-state index contributed by atoms with van der Waals surface area (Å²) in [6.07, 6.45) is 2.64. The fraction of sp³-hybridized carbons (Fsp3) is 0.538. The Bertz CT molecular complexity index is 351. The van der Waals surface area contributed by atoms with Crippen LogP contribution in [0.15, 0.2) is 12.1 Å². The van der Waals surface area contributed by atoms with Gasteiger partial charge < -0.3 is 10.1 Å². The van der Waals surface area contributed by atoms with Gasteiger partial charge in [0.2, 0.25) is 0 Å². The van der Waals surface area contributed by atoms with Gasteiger partial charge in [0.1, 0.15) is 12.4 Å². The molecule has 0 radical (unpaired) electrons. The summed E-state index contributed by atoms with van der Waals surface area (Å²) in [5, 5.41) is 4.25. The third kappa shape index (κ3) is 3.13. The lowest BCUT2D eigenvalue weighted by atomic mass is 10.1. The summed E-state index contributed by atoms with van der Waals surface area (Å²) in [5.74, 6) is 0.914. The van der Waals surface area contributed by atoms with Crippen molar-refractivity contribution in [2.75, 3.05) is 13.2 Å². The minimum atomic E-state index is 0.719. The Hall–Kier alpha value is -0.730. The molecule has 1 aromatic rings. The van der Waals surface area contributed by atoms with Gasteiger partial charge in [-0.3, -0.25) is 0 Å². The van der Waals surface area contributed by atoms with E-state index in [0.717, 1.165) is 41.1 Å². The topological polar surface area (TPSA) is 21.3 Å². The van der Waals surface area contributed by atoms with Crippen molar-refractivity contribution in [2.24, 2.45) is 0 Å². The Labute approximate surface area is 102 Å². The van der Waals surface area contributed by atoms with Gasteiger partial charge in [-0.1, -0.05) is 11.6 Å². The molecule has 2 rings (SSSR count). The minimum Gasteiger partial charge on any atom is -0.492 e. The number of halogens is 1. The normalized spacial score (nSPS) is 15.2. The van der Waals surface area contributed by atoms with Crippen LogP contribution in [0.1, 0.15) is 24.0 Å². The third-order valence-electron chi connectivity index (χ3n) is 2.79. The van der Waals surface area contributed by atoms with Gasteiger partial charge in [0.05, 0.1) is 0 Å². The van der Waals surface area contributed by atoms with Crippen molar-refractivity contribution in [3.63, 3.8) is 0 Å². The predicted molar refractivity (Wildman–Crippen MR) is 67.4 cm³/mol. The number of ether oxygens (including phenoxy) is 1. The van der Waals surface area contributed by atoms with E-state index >= 15 is 0 Å². The van der Waals surface area contributed by atoms with Crippen LogP contribution < -0.4 is 10.1 Å². The average Bonchev–Trinajstić information content (AvgIpc) is 3.04. The second-order valence-electron chi connectivity index (χ2n) is 4.45. The monoisotopic (exact) mass is 239 g/mol. The summed E-state index contributed by atoms with van der Waals surface area (Å²) in [6.45, 7) is 5.65. The SMILES string of the molecule is Cc1cc(OCCNC2CC2)cc(C)c1Cl. The first-order chi connectivity index (χ1) is 7.66. The van der Waals surface area contributed by atoms with Gasteiger partial charge in [0.15, 0.2) is 0 Å². The molecule has 3 heteroatoms. The number of rotatable bonds is 5. The molecule has 0 heterocycles. The largest absolute Gasteiger partial charge is 0.492 e. The molecule has 2 nitrogen and oxygen atoms in total. The second kappa shape index (κ2) is 5.07. The average molecular weight is 240 g/mol. The molecule has 1 aliphatic rings. The zero-order valence-electron chi connectivity index (χ0n) is 9.85. The quantitative estimate of drug-likeness (QED) is 0.798. The molecule has 0 aromatic heterocycles. The van der Waals surface area contributed by atoms with Crippen molar-refractivity contribution >= 4 is 11.6 Å². The van der Waals surface area contributed by atoms with Crippen molar-refractivity contribution in [3.8, 4) is 5.75 Å². The lowest BCUT2D eigenvalue weighted by Gasteiger charge is -2.10. The van der Waals surface area contributed by atoms with Crippen molar-refractivity contribution in [1.82, 2.24) is 5.32 Å². The lowest BCUT2D eigenvalue weighted by molar-refractivity contribution is 0.313. The lowest BCUT2D eigenvalue weighted by Crippen LogP contribution is -2.22. The van der Waals surface area contributed by atoms with E-state index in [-0.39, 0.29) is 0 Å². The molecule has 0 aliphatic heterocycles. The van der Waals surface area contributed by atoms with Crippen LogP contribution in [0.2, 0.25) is 5.02 Å². The van der Waals surface area contributed by atoms with E-state index in [1.807, 2.05) is 26.0 Å². The molecule has 0 atom stereocenters. The Kier molecular flexibility index (Phi) is 3.72. The first kappa shape index (κ1) is 11.7. The molecule has 1 fully saturated rings. The van der Waals surface area contributed by atoms with Crippen LogP contribution in [0.3, 0.4) is 0 Å². The Morgan fingerprint density at radius 3 is 2.50 bits per heavy atom. The van der Waals surface area contributed by atoms with Gasteiger partial charge in [-0.2, -0.15) is 0 Å². The third-order valence-corrected chi connectivity index (χ3v) is 3.39. The zero-order valence-corrected chi connectivity index (χ0v) is 10.6. The van der Waals surface area contributed by atoms with Crippen molar-refractivity contribution < 1.29 is 4.74 Å². The number of hydrogen-bond donors (Lipinski definition) is 1. The highest BCUT2D eigenvalue weighted by molar-refractivity contribution is 6.32. The van der Waals surface area contributed by atoms with Gasteiger partial charge >= 0.3 is 0 Å². The van der Waals surface area contributed by atoms with Crippen molar-refractivity contribution in [1.29, 1.82) is 0 Å². The zero-order chi connectivity index (χ0) is 11.5. The van der Waals surface area contributed by atoms with Gasteiger partial charge in [-0.25, -0.2) is 0 Å². The molecule has 1 saturated carbocycles. The summed E-state index contributed by atoms with van der Waals surface area (Å²) in [7, 11) is 0. The smallest absolute Gasteiger partial charge is 0.119 e. The summed E-state index contributed by atoms with van der Waals surface area (Å²) in [5.41, 5.74) is 2.15. The van der Waals surface area contributed by atoms with E-state index in [1.165, 1.54) is 12.8 Å². The molecule has 0 saturated heterocycles. The molecule has 1 aromatic carbocycles. The Morgan fingerprint density at radius 2 is 1.94 bits per heavy atom. The van der Waals surface area contributed by atoms with E-state index < -0.39 is 0 Å². The highest BCUT2D eigenvalue weighted by Gasteiger charge is 2.19. The van der Waals surface area contributed by atoms with Crippen LogP contribution in [0.4, 0.5) is 0 Å². The van der Waals surface area contributed by atoms with E-state index in [1.54, 1.807) is 0 Å².